The first-order chi connectivity index (χ1) is 12.3. The molecule has 0 aliphatic carbocycles. The Balaban J connectivity index is 1.93. The van der Waals surface area contributed by atoms with E-state index >= 15 is 0 Å². The fraction of sp³-hybridized carbons (Fsp3) is 0.300. The van der Waals surface area contributed by atoms with E-state index in [0.717, 1.165) is 24.3 Å². The molecule has 1 aliphatic rings. The Hall–Kier alpha value is -2.50. The third-order valence-corrected chi connectivity index (χ3v) is 4.23. The molecule has 2 aromatic rings. The number of benzene rings is 2. The third kappa shape index (κ3) is 4.53. The number of carbonyl (C=O) groups is 1. The second kappa shape index (κ2) is 8.55. The Labute approximate surface area is 148 Å². The summed E-state index contributed by atoms with van der Waals surface area (Å²) in [6.45, 7) is 4.46. The number of hydrazone groups is 1. The highest BCUT2D eigenvalue weighted by molar-refractivity contribution is 6.41. The molecule has 0 unspecified atom stereocenters. The zero-order chi connectivity index (χ0) is 17.5. The molecule has 130 valence electrons. The van der Waals surface area contributed by atoms with Gasteiger partial charge in [-0.3, -0.25) is 15.1 Å². The van der Waals surface area contributed by atoms with E-state index < -0.39 is 0 Å². The maximum Gasteiger partial charge on any atom is 0.177 e. The molecule has 25 heavy (non-hydrogen) atoms. The average molecular weight is 337 g/mol. The fourth-order valence-electron chi connectivity index (χ4n) is 2.98. The minimum Gasteiger partial charge on any atom is -0.379 e. The van der Waals surface area contributed by atoms with Gasteiger partial charge in [-0.25, -0.2) is 0 Å². The molecule has 2 aromatic carbocycles. The molecular weight excluding hydrogens is 314 g/mol. The first-order valence-corrected chi connectivity index (χ1v) is 8.52. The number of ether oxygens (including phenoxy) is 1. The van der Waals surface area contributed by atoms with E-state index in [4.69, 9.17) is 4.74 Å². The predicted octanol–water partition coefficient (Wildman–Crippen LogP) is 3.12. The minimum absolute atomic E-state index is 0.0382. The van der Waals surface area contributed by atoms with Crippen molar-refractivity contribution in [3.8, 4) is 0 Å². The Morgan fingerprint density at radius 2 is 1.64 bits per heavy atom. The van der Waals surface area contributed by atoms with Crippen molar-refractivity contribution in [3.63, 3.8) is 0 Å². The summed E-state index contributed by atoms with van der Waals surface area (Å²) in [4.78, 5) is 14.6. The average Bonchev–Trinajstić information content (AvgIpc) is 2.67. The van der Waals surface area contributed by atoms with Gasteiger partial charge < -0.3 is 4.74 Å². The molecule has 1 aliphatic heterocycles. The molecule has 0 aromatic heterocycles. The van der Waals surface area contributed by atoms with Crippen molar-refractivity contribution in [2.45, 2.75) is 13.0 Å². The van der Waals surface area contributed by atoms with Crippen LogP contribution in [0.2, 0.25) is 0 Å². The quantitative estimate of drug-likeness (QED) is 0.650. The number of ketones is 1. The molecule has 0 amide bonds. The van der Waals surface area contributed by atoms with Crippen molar-refractivity contribution in [2.24, 2.45) is 5.10 Å². The van der Waals surface area contributed by atoms with Crippen LogP contribution in [0.25, 0.3) is 0 Å². The number of nitrogens with zero attached hydrogens (tertiary/aromatic N) is 2. The number of morpholine rings is 1. The molecular formula is C20H23N3O2. The maximum absolute atomic E-state index is 12.4. The SMILES string of the molecule is CC(=O)/C(=N\Nc1ccccc1)[C@@H](c1ccccc1)N1CCOCC1. The van der Waals surface area contributed by atoms with E-state index in [0.29, 0.717) is 18.9 Å². The third-order valence-electron chi connectivity index (χ3n) is 4.23. The monoisotopic (exact) mass is 337 g/mol. The van der Waals surface area contributed by atoms with E-state index in [-0.39, 0.29) is 11.8 Å². The van der Waals surface area contributed by atoms with Crippen LogP contribution in [0.15, 0.2) is 65.8 Å². The molecule has 0 radical (unpaired) electrons. The molecule has 0 spiro atoms. The lowest BCUT2D eigenvalue weighted by molar-refractivity contribution is -0.111. The van der Waals surface area contributed by atoms with Gasteiger partial charge in [-0.15, -0.1) is 0 Å². The van der Waals surface area contributed by atoms with Gasteiger partial charge in [0.1, 0.15) is 5.71 Å². The lowest BCUT2D eigenvalue weighted by atomic mass is 9.97. The van der Waals surface area contributed by atoms with Crippen LogP contribution < -0.4 is 5.43 Å². The number of nitrogens with one attached hydrogen (secondary N) is 1. The summed E-state index contributed by atoms with van der Waals surface area (Å²) in [6.07, 6.45) is 0. The summed E-state index contributed by atoms with van der Waals surface area (Å²) < 4.78 is 5.47. The molecule has 3 rings (SSSR count). The topological polar surface area (TPSA) is 53.9 Å². The van der Waals surface area contributed by atoms with Gasteiger partial charge in [-0.2, -0.15) is 5.10 Å². The van der Waals surface area contributed by atoms with Crippen LogP contribution in [0.4, 0.5) is 5.69 Å². The molecule has 1 atom stereocenters. The van der Waals surface area contributed by atoms with Crippen LogP contribution in [-0.4, -0.2) is 42.7 Å². The number of anilines is 1. The van der Waals surface area contributed by atoms with E-state index in [2.05, 4.69) is 15.4 Å². The van der Waals surface area contributed by atoms with E-state index in [1.54, 1.807) is 6.92 Å². The summed E-state index contributed by atoms with van der Waals surface area (Å²) in [6, 6.07) is 19.5. The Kier molecular flexibility index (Phi) is 5.93. The van der Waals surface area contributed by atoms with Gasteiger partial charge in [0.15, 0.2) is 5.78 Å². The van der Waals surface area contributed by atoms with Crippen LogP contribution in [0, 0.1) is 0 Å². The highest BCUT2D eigenvalue weighted by Gasteiger charge is 2.29. The lowest BCUT2D eigenvalue weighted by Gasteiger charge is -2.34. The Morgan fingerprint density at radius 1 is 1.04 bits per heavy atom. The van der Waals surface area contributed by atoms with Crippen LogP contribution in [0.5, 0.6) is 0 Å². The van der Waals surface area contributed by atoms with Crippen molar-refractivity contribution in [1.29, 1.82) is 0 Å². The lowest BCUT2D eigenvalue weighted by Crippen LogP contribution is -2.44. The number of para-hydroxylation sites is 1. The normalized spacial score (nSPS) is 17.1. The van der Waals surface area contributed by atoms with Crippen LogP contribution in [-0.2, 0) is 9.53 Å². The van der Waals surface area contributed by atoms with E-state index in [9.17, 15) is 4.79 Å². The summed E-state index contributed by atoms with van der Waals surface area (Å²) in [5, 5.41) is 4.48. The summed E-state index contributed by atoms with van der Waals surface area (Å²) >= 11 is 0. The molecule has 1 N–H and O–H groups in total. The molecule has 5 heteroatoms. The number of Topliss-reactive ketones (excluding diaryl/α,β-unsaturated/α-hetero) is 1. The van der Waals surface area contributed by atoms with Crippen molar-refractivity contribution in [1.82, 2.24) is 4.90 Å². The molecule has 5 nitrogen and oxygen atoms in total. The minimum atomic E-state index is -0.182. The fourth-order valence-corrected chi connectivity index (χ4v) is 2.98. The maximum atomic E-state index is 12.4. The van der Waals surface area contributed by atoms with Crippen molar-refractivity contribution in [2.75, 3.05) is 31.7 Å². The van der Waals surface area contributed by atoms with Crippen LogP contribution >= 0.6 is 0 Å². The van der Waals surface area contributed by atoms with Gasteiger partial charge in [0.05, 0.1) is 24.9 Å². The standard InChI is InChI=1S/C20H23N3O2/c1-16(24)19(22-21-18-10-6-3-7-11-18)20(17-8-4-2-5-9-17)23-12-14-25-15-13-23/h2-11,20-21H,12-15H2,1H3/b22-19+/t20-/m1/s1. The predicted molar refractivity (Wildman–Crippen MR) is 99.8 cm³/mol. The van der Waals surface area contributed by atoms with Gasteiger partial charge in [0, 0.05) is 20.0 Å². The second-order valence-corrected chi connectivity index (χ2v) is 5.99. The smallest absolute Gasteiger partial charge is 0.177 e. The van der Waals surface area contributed by atoms with Crippen molar-refractivity contribution in [3.05, 3.63) is 66.2 Å². The van der Waals surface area contributed by atoms with Gasteiger partial charge in [-0.1, -0.05) is 48.5 Å². The van der Waals surface area contributed by atoms with Gasteiger partial charge >= 0.3 is 0 Å². The van der Waals surface area contributed by atoms with Crippen molar-refractivity contribution >= 4 is 17.2 Å². The van der Waals surface area contributed by atoms with Gasteiger partial charge in [-0.05, 0) is 17.7 Å². The highest BCUT2D eigenvalue weighted by atomic mass is 16.5. The molecule has 1 saturated heterocycles. The van der Waals surface area contributed by atoms with Gasteiger partial charge in [0.2, 0.25) is 0 Å². The molecule has 1 fully saturated rings. The summed E-state index contributed by atoms with van der Waals surface area (Å²) in [5.41, 5.74) is 5.46. The largest absolute Gasteiger partial charge is 0.379 e. The summed E-state index contributed by atoms with van der Waals surface area (Å²) in [7, 11) is 0. The number of rotatable bonds is 6. The zero-order valence-electron chi connectivity index (χ0n) is 14.4. The van der Waals surface area contributed by atoms with Crippen LogP contribution in [0.1, 0.15) is 18.5 Å². The molecule has 1 heterocycles. The number of hydrogen-bond acceptors (Lipinski definition) is 5. The van der Waals surface area contributed by atoms with Crippen molar-refractivity contribution < 1.29 is 9.53 Å². The first kappa shape index (κ1) is 17.3. The molecule has 0 bridgehead atoms. The first-order valence-electron chi connectivity index (χ1n) is 8.52. The van der Waals surface area contributed by atoms with Gasteiger partial charge in [0.25, 0.3) is 0 Å². The zero-order valence-corrected chi connectivity index (χ0v) is 14.4. The second-order valence-electron chi connectivity index (χ2n) is 5.99. The van der Waals surface area contributed by atoms with E-state index in [1.165, 1.54) is 0 Å². The number of carbonyl (C=O) groups excluding carboxylic acids is 1. The Morgan fingerprint density at radius 3 is 2.24 bits per heavy atom. The number of hydrogen-bond donors (Lipinski definition) is 1. The Bertz CT molecular complexity index is 710. The highest BCUT2D eigenvalue weighted by Crippen LogP contribution is 2.24. The molecule has 0 saturated carbocycles. The summed E-state index contributed by atoms with van der Waals surface area (Å²) in [5.74, 6) is -0.0382. The van der Waals surface area contributed by atoms with Crippen LogP contribution in [0.3, 0.4) is 0 Å². The van der Waals surface area contributed by atoms with E-state index in [1.807, 2.05) is 60.7 Å².